The first-order chi connectivity index (χ1) is 10.1. The lowest BCUT2D eigenvalue weighted by Gasteiger charge is -1.99. The van der Waals surface area contributed by atoms with Crippen LogP contribution < -0.4 is 5.32 Å². The second-order valence-corrected chi connectivity index (χ2v) is 4.17. The molecule has 0 aliphatic rings. The van der Waals surface area contributed by atoms with Gasteiger partial charge in [-0.25, -0.2) is 13.2 Å². The first-order valence-electron chi connectivity index (χ1n) is 5.88. The fourth-order valence-electron chi connectivity index (χ4n) is 1.72. The lowest BCUT2D eigenvalue weighted by atomic mass is 10.1. The Hall–Kier alpha value is -2.77. The van der Waals surface area contributed by atoms with Gasteiger partial charge < -0.3 is 14.4 Å². The van der Waals surface area contributed by atoms with Crippen LogP contribution in [0.2, 0.25) is 0 Å². The summed E-state index contributed by atoms with van der Waals surface area (Å²) in [6.07, 6.45) is 1.40. The fourth-order valence-corrected chi connectivity index (χ4v) is 1.72. The van der Waals surface area contributed by atoms with E-state index in [9.17, 15) is 13.2 Å². The molecule has 0 atom stereocenters. The van der Waals surface area contributed by atoms with Gasteiger partial charge in [0.25, 0.3) is 0 Å². The lowest BCUT2D eigenvalue weighted by molar-refractivity contribution is 0.388. The van der Waals surface area contributed by atoms with Crippen molar-refractivity contribution in [3.05, 3.63) is 53.7 Å². The third-order valence-corrected chi connectivity index (χ3v) is 2.72. The number of hydrogen-bond acceptors (Lipinski definition) is 5. The van der Waals surface area contributed by atoms with Crippen LogP contribution in [0.15, 0.2) is 39.6 Å². The van der Waals surface area contributed by atoms with Crippen LogP contribution in [0.1, 0.15) is 5.76 Å². The molecule has 0 aliphatic carbocycles. The molecule has 1 aromatic carbocycles. The fraction of sp³-hybridized carbons (Fsp3) is 0.0769. The summed E-state index contributed by atoms with van der Waals surface area (Å²) in [6, 6.07) is 4.80. The first-order valence-corrected chi connectivity index (χ1v) is 5.88. The van der Waals surface area contributed by atoms with E-state index in [2.05, 4.69) is 20.2 Å². The Kier molecular flexibility index (Phi) is 3.35. The summed E-state index contributed by atoms with van der Waals surface area (Å²) in [5.74, 6) is -3.16. The van der Waals surface area contributed by atoms with E-state index in [1.807, 2.05) is 0 Å². The summed E-state index contributed by atoms with van der Waals surface area (Å²) in [5, 5.41) is 10.2. The third-order valence-electron chi connectivity index (χ3n) is 2.72. The van der Waals surface area contributed by atoms with Gasteiger partial charge in [-0.1, -0.05) is 10.3 Å². The number of anilines is 1. The molecule has 3 aromatic rings. The predicted molar refractivity (Wildman–Crippen MR) is 65.6 cm³/mol. The van der Waals surface area contributed by atoms with Crippen LogP contribution in [0.4, 0.5) is 19.0 Å². The number of nitrogens with zero attached hydrogens (tertiary/aromatic N) is 2. The van der Waals surface area contributed by atoms with Crippen molar-refractivity contribution in [3.63, 3.8) is 0 Å². The van der Waals surface area contributed by atoms with E-state index in [4.69, 9.17) is 4.52 Å². The molecule has 0 unspecified atom stereocenters. The zero-order valence-electron chi connectivity index (χ0n) is 10.4. The molecule has 8 heteroatoms. The van der Waals surface area contributed by atoms with Crippen molar-refractivity contribution in [1.82, 2.24) is 10.3 Å². The van der Waals surface area contributed by atoms with Crippen LogP contribution in [0.25, 0.3) is 11.3 Å². The Morgan fingerprint density at radius 1 is 1.05 bits per heavy atom. The molecule has 21 heavy (non-hydrogen) atoms. The zero-order chi connectivity index (χ0) is 14.8. The Morgan fingerprint density at radius 2 is 1.81 bits per heavy atom. The second kappa shape index (κ2) is 5.31. The van der Waals surface area contributed by atoms with E-state index in [0.717, 1.165) is 12.1 Å². The van der Waals surface area contributed by atoms with Gasteiger partial charge >= 0.3 is 0 Å². The van der Waals surface area contributed by atoms with Gasteiger partial charge in [-0.3, -0.25) is 0 Å². The van der Waals surface area contributed by atoms with E-state index in [0.29, 0.717) is 11.6 Å². The summed E-state index contributed by atoms with van der Waals surface area (Å²) in [7, 11) is 0. The molecule has 0 amide bonds. The minimum atomic E-state index is -1.52. The summed E-state index contributed by atoms with van der Waals surface area (Å²) in [6.45, 7) is 0.256. The van der Waals surface area contributed by atoms with Gasteiger partial charge in [-0.2, -0.15) is 0 Å². The molecule has 0 bridgehead atoms. The van der Waals surface area contributed by atoms with Crippen LogP contribution >= 0.6 is 0 Å². The Bertz CT molecular complexity index is 733. The zero-order valence-corrected chi connectivity index (χ0v) is 10.4. The Balaban J connectivity index is 1.78. The maximum atomic E-state index is 13.2. The summed E-state index contributed by atoms with van der Waals surface area (Å²) in [5.41, 5.74) is 0.285. The van der Waals surface area contributed by atoms with Gasteiger partial charge in [-0.15, -0.1) is 0 Å². The van der Waals surface area contributed by atoms with Crippen LogP contribution in [0, 0.1) is 17.5 Å². The number of benzene rings is 1. The minimum absolute atomic E-state index is 0.0860. The average molecular weight is 295 g/mol. The van der Waals surface area contributed by atoms with Crippen LogP contribution in [-0.4, -0.2) is 10.3 Å². The van der Waals surface area contributed by atoms with Crippen molar-refractivity contribution in [3.8, 4) is 11.3 Å². The highest BCUT2D eigenvalue weighted by Gasteiger charge is 2.14. The summed E-state index contributed by atoms with van der Waals surface area (Å²) < 4.78 is 48.9. The quantitative estimate of drug-likeness (QED) is 0.748. The number of rotatable bonds is 4. The largest absolute Gasteiger partial charge is 0.363 e. The molecular weight excluding hydrogens is 287 g/mol. The van der Waals surface area contributed by atoms with Crippen molar-refractivity contribution in [2.75, 3.05) is 5.32 Å². The molecule has 3 rings (SSSR count). The first kappa shape index (κ1) is 13.2. The van der Waals surface area contributed by atoms with Crippen molar-refractivity contribution >= 4 is 5.82 Å². The summed E-state index contributed by atoms with van der Waals surface area (Å²) >= 11 is 0. The molecule has 108 valence electrons. The standard InChI is InChI=1S/C13H8F3N3O2/c14-9-3-7(4-10(15)13(9)16)11-5-8(21-18-11)6-17-12-1-2-20-19-12/h1-5H,6H2,(H,17,19). The maximum Gasteiger partial charge on any atom is 0.194 e. The van der Waals surface area contributed by atoms with Gasteiger partial charge in [0.05, 0.1) is 6.54 Å². The maximum absolute atomic E-state index is 13.2. The molecule has 0 saturated carbocycles. The van der Waals surface area contributed by atoms with E-state index < -0.39 is 17.5 Å². The molecule has 0 fully saturated rings. The topological polar surface area (TPSA) is 64.1 Å². The Morgan fingerprint density at radius 3 is 2.48 bits per heavy atom. The summed E-state index contributed by atoms with van der Waals surface area (Å²) in [4.78, 5) is 0. The molecule has 0 radical (unpaired) electrons. The minimum Gasteiger partial charge on any atom is -0.363 e. The number of nitrogens with one attached hydrogen (secondary N) is 1. The SMILES string of the molecule is Fc1cc(-c2cc(CNc3ccon3)on2)cc(F)c1F. The smallest absolute Gasteiger partial charge is 0.194 e. The van der Waals surface area contributed by atoms with E-state index >= 15 is 0 Å². The van der Waals surface area contributed by atoms with E-state index in [1.54, 1.807) is 6.07 Å². The van der Waals surface area contributed by atoms with Gasteiger partial charge in [-0.05, 0) is 12.1 Å². The molecule has 2 heterocycles. The predicted octanol–water partition coefficient (Wildman–Crippen LogP) is 3.36. The average Bonchev–Trinajstić information content (AvgIpc) is 3.13. The normalized spacial score (nSPS) is 10.8. The van der Waals surface area contributed by atoms with Crippen molar-refractivity contribution in [2.24, 2.45) is 0 Å². The Labute approximate surface area is 116 Å². The highest BCUT2D eigenvalue weighted by atomic mass is 19.2. The number of hydrogen-bond donors (Lipinski definition) is 1. The number of halogens is 3. The van der Waals surface area contributed by atoms with Gasteiger partial charge in [0.2, 0.25) is 0 Å². The molecule has 5 nitrogen and oxygen atoms in total. The van der Waals surface area contributed by atoms with Crippen molar-refractivity contribution in [2.45, 2.75) is 6.54 Å². The van der Waals surface area contributed by atoms with Gasteiger partial charge in [0.1, 0.15) is 12.0 Å². The van der Waals surface area contributed by atoms with Crippen LogP contribution in [-0.2, 0) is 6.54 Å². The monoisotopic (exact) mass is 295 g/mol. The lowest BCUT2D eigenvalue weighted by Crippen LogP contribution is -1.97. The van der Waals surface area contributed by atoms with Gasteiger partial charge in [0, 0.05) is 17.7 Å². The molecule has 0 spiro atoms. The highest BCUT2D eigenvalue weighted by molar-refractivity contribution is 5.59. The van der Waals surface area contributed by atoms with E-state index in [1.165, 1.54) is 12.3 Å². The third kappa shape index (κ3) is 2.73. The van der Waals surface area contributed by atoms with Crippen molar-refractivity contribution < 1.29 is 22.2 Å². The highest BCUT2D eigenvalue weighted by Crippen LogP contribution is 2.23. The van der Waals surface area contributed by atoms with Gasteiger partial charge in [0.15, 0.2) is 29.0 Å². The van der Waals surface area contributed by atoms with Crippen LogP contribution in [0.3, 0.4) is 0 Å². The molecular formula is C13H8F3N3O2. The second-order valence-electron chi connectivity index (χ2n) is 4.17. The number of aromatic nitrogens is 2. The molecule has 0 saturated heterocycles. The van der Waals surface area contributed by atoms with E-state index in [-0.39, 0.29) is 17.8 Å². The van der Waals surface area contributed by atoms with Crippen molar-refractivity contribution in [1.29, 1.82) is 0 Å². The molecule has 1 N–H and O–H groups in total. The molecule has 0 aliphatic heterocycles. The molecule has 2 aromatic heterocycles. The van der Waals surface area contributed by atoms with Crippen LogP contribution in [0.5, 0.6) is 0 Å².